The van der Waals surface area contributed by atoms with Crippen molar-refractivity contribution in [1.82, 2.24) is 5.32 Å². The van der Waals surface area contributed by atoms with E-state index < -0.39 is 11.6 Å². The van der Waals surface area contributed by atoms with Gasteiger partial charge in [0.1, 0.15) is 12.4 Å². The second-order valence-electron chi connectivity index (χ2n) is 6.02. The van der Waals surface area contributed by atoms with Gasteiger partial charge in [-0.2, -0.15) is 0 Å². The third-order valence-electron chi connectivity index (χ3n) is 4.44. The summed E-state index contributed by atoms with van der Waals surface area (Å²) in [4.78, 5) is 11.2. The van der Waals surface area contributed by atoms with Gasteiger partial charge in [-0.3, -0.25) is 0 Å². The Kier molecular flexibility index (Phi) is 4.51. The number of hydrogen-bond donors (Lipinski definition) is 2. The van der Waals surface area contributed by atoms with E-state index in [-0.39, 0.29) is 0 Å². The molecule has 0 radical (unpaired) electrons. The van der Waals surface area contributed by atoms with Crippen molar-refractivity contribution < 1.29 is 14.6 Å². The molecule has 1 saturated carbocycles. The van der Waals surface area contributed by atoms with Crippen molar-refractivity contribution in [2.24, 2.45) is 0 Å². The third kappa shape index (κ3) is 3.65. The highest BCUT2D eigenvalue weighted by Gasteiger charge is 2.37. The molecule has 4 heteroatoms. The van der Waals surface area contributed by atoms with Crippen molar-refractivity contribution in [2.75, 3.05) is 0 Å². The normalized spacial score (nSPS) is 16.0. The number of nitrogens with one attached hydrogen (secondary N) is 1. The molecule has 23 heavy (non-hydrogen) atoms. The number of hydrogen-bond acceptors (Lipinski definition) is 2. The van der Waals surface area contributed by atoms with Crippen molar-refractivity contribution in [2.45, 2.75) is 37.8 Å². The Morgan fingerprint density at radius 3 is 2.52 bits per heavy atom. The standard InChI is InChI=1S/C19H21NO3/c21-18(22)20-19(11-4-5-12-19)16-9-6-10-17(13-16)23-14-15-7-2-1-3-8-15/h1-3,6-10,13,20H,4-5,11-12,14H2,(H,21,22). The summed E-state index contributed by atoms with van der Waals surface area (Å²) in [5.41, 5.74) is 1.62. The van der Waals surface area contributed by atoms with Crippen molar-refractivity contribution >= 4 is 6.09 Å². The van der Waals surface area contributed by atoms with Crippen LogP contribution in [0.1, 0.15) is 36.8 Å². The number of ether oxygens (including phenoxy) is 1. The van der Waals surface area contributed by atoms with Crippen LogP contribution in [0, 0.1) is 0 Å². The molecule has 1 amide bonds. The average molecular weight is 311 g/mol. The van der Waals surface area contributed by atoms with Crippen LogP contribution in [0.25, 0.3) is 0 Å². The zero-order valence-electron chi connectivity index (χ0n) is 13.0. The van der Waals surface area contributed by atoms with Gasteiger partial charge in [0.25, 0.3) is 0 Å². The Hall–Kier alpha value is -2.49. The highest BCUT2D eigenvalue weighted by molar-refractivity contribution is 5.66. The van der Waals surface area contributed by atoms with E-state index in [9.17, 15) is 9.90 Å². The Bertz CT molecular complexity index is 663. The molecule has 2 aromatic rings. The predicted molar refractivity (Wildman–Crippen MR) is 88.5 cm³/mol. The third-order valence-corrected chi connectivity index (χ3v) is 4.44. The highest BCUT2D eigenvalue weighted by atomic mass is 16.5. The lowest BCUT2D eigenvalue weighted by Gasteiger charge is -2.29. The maximum absolute atomic E-state index is 11.2. The maximum Gasteiger partial charge on any atom is 0.405 e. The Labute approximate surface area is 136 Å². The molecule has 2 N–H and O–H groups in total. The van der Waals surface area contributed by atoms with Crippen LogP contribution in [0.5, 0.6) is 5.75 Å². The minimum Gasteiger partial charge on any atom is -0.489 e. The quantitative estimate of drug-likeness (QED) is 0.865. The Morgan fingerprint density at radius 2 is 1.83 bits per heavy atom. The molecule has 1 fully saturated rings. The van der Waals surface area contributed by atoms with Gasteiger partial charge in [-0.25, -0.2) is 4.79 Å². The molecule has 2 aromatic carbocycles. The monoisotopic (exact) mass is 311 g/mol. The topological polar surface area (TPSA) is 58.6 Å². The average Bonchev–Trinajstić information content (AvgIpc) is 3.03. The molecule has 0 atom stereocenters. The van der Waals surface area contributed by atoms with Crippen molar-refractivity contribution in [3.05, 3.63) is 65.7 Å². The first-order chi connectivity index (χ1) is 11.2. The lowest BCUT2D eigenvalue weighted by atomic mass is 9.88. The molecular weight excluding hydrogens is 290 g/mol. The van der Waals surface area contributed by atoms with E-state index in [4.69, 9.17) is 4.74 Å². The molecule has 1 aliphatic carbocycles. The van der Waals surface area contributed by atoms with Gasteiger partial charge in [-0.05, 0) is 36.1 Å². The molecule has 4 nitrogen and oxygen atoms in total. The van der Waals surface area contributed by atoms with Gasteiger partial charge in [-0.1, -0.05) is 55.3 Å². The minimum atomic E-state index is -0.970. The van der Waals surface area contributed by atoms with Crippen molar-refractivity contribution in [1.29, 1.82) is 0 Å². The van der Waals surface area contributed by atoms with Crippen LogP contribution in [0.4, 0.5) is 4.79 Å². The first-order valence-corrected chi connectivity index (χ1v) is 7.96. The largest absolute Gasteiger partial charge is 0.489 e. The number of rotatable bonds is 5. The molecule has 0 heterocycles. The summed E-state index contributed by atoms with van der Waals surface area (Å²) in [6.07, 6.45) is 2.77. The first kappa shape index (κ1) is 15.4. The number of amides is 1. The molecule has 120 valence electrons. The lowest BCUT2D eigenvalue weighted by molar-refractivity contribution is 0.177. The molecule has 0 spiro atoms. The van der Waals surface area contributed by atoms with E-state index in [2.05, 4.69) is 5.32 Å². The van der Waals surface area contributed by atoms with Gasteiger partial charge in [-0.15, -0.1) is 0 Å². The van der Waals surface area contributed by atoms with Crippen LogP contribution < -0.4 is 10.1 Å². The molecule has 0 saturated heterocycles. The molecule has 3 rings (SSSR count). The predicted octanol–water partition coefficient (Wildman–Crippen LogP) is 4.30. The fourth-order valence-corrected chi connectivity index (χ4v) is 3.29. The van der Waals surface area contributed by atoms with Gasteiger partial charge < -0.3 is 15.2 Å². The van der Waals surface area contributed by atoms with Crippen LogP contribution in [0.15, 0.2) is 54.6 Å². The van der Waals surface area contributed by atoms with Crippen LogP contribution in [-0.4, -0.2) is 11.2 Å². The van der Waals surface area contributed by atoms with Crippen molar-refractivity contribution in [3.8, 4) is 5.75 Å². The summed E-state index contributed by atoms with van der Waals surface area (Å²) in [5.74, 6) is 0.768. The second kappa shape index (κ2) is 6.73. The van der Waals surface area contributed by atoms with Crippen LogP contribution in [0.2, 0.25) is 0 Å². The summed E-state index contributed by atoms with van der Waals surface area (Å²) in [6.45, 7) is 0.504. The SMILES string of the molecule is O=C(O)NC1(c2cccc(OCc3ccccc3)c2)CCCC1. The molecule has 0 aliphatic heterocycles. The summed E-state index contributed by atoms with van der Waals surface area (Å²) < 4.78 is 5.87. The van der Waals surface area contributed by atoms with E-state index in [1.54, 1.807) is 0 Å². The molecule has 0 aromatic heterocycles. The minimum absolute atomic E-state index is 0.474. The van der Waals surface area contributed by atoms with Gasteiger partial charge in [0.2, 0.25) is 0 Å². The zero-order valence-corrected chi connectivity index (χ0v) is 13.0. The Balaban J connectivity index is 1.77. The van der Waals surface area contributed by atoms with E-state index in [1.165, 1.54) is 0 Å². The first-order valence-electron chi connectivity index (χ1n) is 7.96. The number of carboxylic acid groups (broad SMARTS) is 1. The summed E-state index contributed by atoms with van der Waals surface area (Å²) in [7, 11) is 0. The van der Waals surface area contributed by atoms with E-state index in [0.717, 1.165) is 42.6 Å². The fraction of sp³-hybridized carbons (Fsp3) is 0.316. The smallest absolute Gasteiger partial charge is 0.405 e. The molecule has 0 unspecified atom stereocenters. The molecular formula is C19H21NO3. The van der Waals surface area contributed by atoms with Gasteiger partial charge in [0.15, 0.2) is 0 Å². The number of benzene rings is 2. The lowest BCUT2D eigenvalue weighted by Crippen LogP contribution is -2.43. The van der Waals surface area contributed by atoms with Crippen molar-refractivity contribution in [3.63, 3.8) is 0 Å². The summed E-state index contributed by atoms with van der Waals surface area (Å²) in [6, 6.07) is 17.8. The number of carbonyl (C=O) groups is 1. The zero-order chi connectivity index (χ0) is 16.1. The van der Waals surface area contributed by atoms with Crippen LogP contribution in [-0.2, 0) is 12.1 Å². The summed E-state index contributed by atoms with van der Waals surface area (Å²) in [5, 5.41) is 11.9. The van der Waals surface area contributed by atoms with Gasteiger partial charge in [0.05, 0.1) is 5.54 Å². The molecule has 1 aliphatic rings. The highest BCUT2D eigenvalue weighted by Crippen LogP contribution is 2.39. The fourth-order valence-electron chi connectivity index (χ4n) is 3.29. The van der Waals surface area contributed by atoms with Crippen LogP contribution in [0.3, 0.4) is 0 Å². The van der Waals surface area contributed by atoms with E-state index in [1.807, 2.05) is 54.6 Å². The maximum atomic E-state index is 11.2. The Morgan fingerprint density at radius 1 is 1.09 bits per heavy atom. The van der Waals surface area contributed by atoms with Gasteiger partial charge >= 0.3 is 6.09 Å². The molecule has 0 bridgehead atoms. The van der Waals surface area contributed by atoms with Crippen LogP contribution >= 0.6 is 0 Å². The summed E-state index contributed by atoms with van der Waals surface area (Å²) >= 11 is 0. The van der Waals surface area contributed by atoms with E-state index in [0.29, 0.717) is 6.61 Å². The van der Waals surface area contributed by atoms with Gasteiger partial charge in [0, 0.05) is 0 Å². The van der Waals surface area contributed by atoms with E-state index >= 15 is 0 Å². The second-order valence-corrected chi connectivity index (χ2v) is 6.02.